The standard InChI is InChI=1S/C17H20N2O3S2/c20-17(12-16-6-11-23-13-16)18-7-9-19(10-8-18)24(21,22)14-15-4-2-1-3-5-15/h1-6,11,13H,7-10,12,14H2. The Labute approximate surface area is 146 Å². The highest BCUT2D eigenvalue weighted by molar-refractivity contribution is 7.88. The summed E-state index contributed by atoms with van der Waals surface area (Å²) in [6, 6.07) is 11.1. The first-order valence-electron chi connectivity index (χ1n) is 7.85. The number of amides is 1. The van der Waals surface area contributed by atoms with Crippen LogP contribution in [-0.2, 0) is 27.0 Å². The molecule has 0 N–H and O–H groups in total. The molecule has 128 valence electrons. The van der Waals surface area contributed by atoms with E-state index in [2.05, 4.69) is 0 Å². The summed E-state index contributed by atoms with van der Waals surface area (Å²) in [7, 11) is -3.34. The fourth-order valence-electron chi connectivity index (χ4n) is 2.77. The van der Waals surface area contributed by atoms with Gasteiger partial charge < -0.3 is 4.90 Å². The molecule has 1 saturated heterocycles. The molecule has 1 amide bonds. The van der Waals surface area contributed by atoms with Crippen LogP contribution in [0.25, 0.3) is 0 Å². The van der Waals surface area contributed by atoms with Gasteiger partial charge in [-0.3, -0.25) is 4.79 Å². The topological polar surface area (TPSA) is 57.7 Å². The van der Waals surface area contributed by atoms with Crippen LogP contribution in [0.4, 0.5) is 0 Å². The van der Waals surface area contributed by atoms with Crippen molar-refractivity contribution in [1.29, 1.82) is 0 Å². The van der Waals surface area contributed by atoms with Crippen molar-refractivity contribution < 1.29 is 13.2 Å². The lowest BCUT2D eigenvalue weighted by Gasteiger charge is -2.34. The van der Waals surface area contributed by atoms with Crippen LogP contribution in [0, 0.1) is 0 Å². The summed E-state index contributed by atoms with van der Waals surface area (Å²) >= 11 is 1.57. The van der Waals surface area contributed by atoms with E-state index < -0.39 is 10.0 Å². The van der Waals surface area contributed by atoms with E-state index >= 15 is 0 Å². The van der Waals surface area contributed by atoms with Gasteiger partial charge in [-0.05, 0) is 28.0 Å². The Kier molecular flexibility index (Phi) is 5.33. The van der Waals surface area contributed by atoms with E-state index in [0.29, 0.717) is 32.6 Å². The minimum atomic E-state index is -3.34. The third-order valence-electron chi connectivity index (χ3n) is 4.11. The molecule has 3 rings (SSSR count). The molecule has 0 saturated carbocycles. The minimum Gasteiger partial charge on any atom is -0.340 e. The number of sulfonamides is 1. The molecule has 1 aliphatic rings. The van der Waals surface area contributed by atoms with Crippen LogP contribution < -0.4 is 0 Å². The highest BCUT2D eigenvalue weighted by atomic mass is 32.2. The number of piperazine rings is 1. The van der Waals surface area contributed by atoms with E-state index in [1.165, 1.54) is 4.31 Å². The summed E-state index contributed by atoms with van der Waals surface area (Å²) < 4.78 is 26.5. The second kappa shape index (κ2) is 7.46. The minimum absolute atomic E-state index is 0.0106. The number of rotatable bonds is 5. The molecule has 5 nitrogen and oxygen atoms in total. The molecule has 1 aromatic heterocycles. The van der Waals surface area contributed by atoms with Crippen LogP contribution in [0.1, 0.15) is 11.1 Å². The molecule has 0 bridgehead atoms. The van der Waals surface area contributed by atoms with Gasteiger partial charge in [-0.15, -0.1) is 0 Å². The summed E-state index contributed by atoms with van der Waals surface area (Å²) in [6.07, 6.45) is 0.389. The molecule has 2 aromatic rings. The van der Waals surface area contributed by atoms with Crippen LogP contribution in [0.5, 0.6) is 0 Å². The number of benzene rings is 1. The van der Waals surface area contributed by atoms with Crippen molar-refractivity contribution in [3.8, 4) is 0 Å². The zero-order chi connectivity index (χ0) is 17.0. The molecule has 0 atom stereocenters. The normalized spacial score (nSPS) is 16.2. The smallest absolute Gasteiger partial charge is 0.227 e. The summed E-state index contributed by atoms with van der Waals surface area (Å²) in [5, 5.41) is 3.93. The van der Waals surface area contributed by atoms with Crippen molar-refractivity contribution in [2.75, 3.05) is 26.2 Å². The number of thiophene rings is 1. The number of hydrogen-bond donors (Lipinski definition) is 0. The van der Waals surface area contributed by atoms with E-state index in [0.717, 1.165) is 11.1 Å². The third kappa shape index (κ3) is 4.23. The van der Waals surface area contributed by atoms with Crippen molar-refractivity contribution in [3.63, 3.8) is 0 Å². The first-order chi connectivity index (χ1) is 11.5. The molecule has 0 unspecified atom stereocenters. The monoisotopic (exact) mass is 364 g/mol. The molecule has 0 radical (unpaired) electrons. The van der Waals surface area contributed by atoms with Gasteiger partial charge in [0.2, 0.25) is 15.9 Å². The Hall–Kier alpha value is -1.70. The number of hydrogen-bond acceptors (Lipinski definition) is 4. The molecule has 7 heteroatoms. The maximum Gasteiger partial charge on any atom is 0.227 e. The average molecular weight is 364 g/mol. The van der Waals surface area contributed by atoms with Crippen LogP contribution in [-0.4, -0.2) is 49.7 Å². The fraction of sp³-hybridized carbons (Fsp3) is 0.353. The lowest BCUT2D eigenvalue weighted by atomic mass is 10.2. The average Bonchev–Trinajstić information content (AvgIpc) is 3.08. The maximum absolute atomic E-state index is 12.5. The largest absolute Gasteiger partial charge is 0.340 e. The Morgan fingerprint density at radius 1 is 1.00 bits per heavy atom. The molecule has 1 aromatic carbocycles. The van der Waals surface area contributed by atoms with Crippen molar-refractivity contribution >= 4 is 27.3 Å². The van der Waals surface area contributed by atoms with Gasteiger partial charge in [0.05, 0.1) is 12.2 Å². The lowest BCUT2D eigenvalue weighted by Crippen LogP contribution is -2.51. The number of carbonyl (C=O) groups excluding carboxylic acids is 1. The second-order valence-electron chi connectivity index (χ2n) is 5.83. The van der Waals surface area contributed by atoms with Crippen LogP contribution >= 0.6 is 11.3 Å². The first kappa shape index (κ1) is 17.1. The predicted octanol–water partition coefficient (Wildman–Crippen LogP) is 1.96. The van der Waals surface area contributed by atoms with E-state index in [-0.39, 0.29) is 11.7 Å². The van der Waals surface area contributed by atoms with E-state index in [1.807, 2.05) is 47.2 Å². The van der Waals surface area contributed by atoms with Crippen molar-refractivity contribution in [3.05, 3.63) is 58.3 Å². The fourth-order valence-corrected chi connectivity index (χ4v) is 4.96. The van der Waals surface area contributed by atoms with Crippen molar-refractivity contribution in [2.24, 2.45) is 0 Å². The Morgan fingerprint density at radius 3 is 2.33 bits per heavy atom. The molecule has 1 aliphatic heterocycles. The van der Waals surface area contributed by atoms with Gasteiger partial charge in [-0.25, -0.2) is 8.42 Å². The Morgan fingerprint density at radius 2 is 1.71 bits per heavy atom. The summed E-state index contributed by atoms with van der Waals surface area (Å²) in [6.45, 7) is 1.64. The molecule has 24 heavy (non-hydrogen) atoms. The van der Waals surface area contributed by atoms with Gasteiger partial charge in [0.15, 0.2) is 0 Å². The van der Waals surface area contributed by atoms with Crippen LogP contribution in [0.2, 0.25) is 0 Å². The van der Waals surface area contributed by atoms with E-state index in [4.69, 9.17) is 0 Å². The Bertz CT molecular complexity index is 765. The maximum atomic E-state index is 12.5. The summed E-state index contributed by atoms with van der Waals surface area (Å²) in [5.74, 6) is 0.0740. The van der Waals surface area contributed by atoms with Gasteiger partial charge in [0, 0.05) is 26.2 Å². The second-order valence-corrected chi connectivity index (χ2v) is 8.58. The SMILES string of the molecule is O=C(Cc1ccsc1)N1CCN(S(=O)(=O)Cc2ccccc2)CC1. The molecule has 1 fully saturated rings. The van der Waals surface area contributed by atoms with Crippen molar-refractivity contribution in [1.82, 2.24) is 9.21 Å². The number of carbonyl (C=O) groups is 1. The molecule has 0 spiro atoms. The highest BCUT2D eigenvalue weighted by Gasteiger charge is 2.28. The number of nitrogens with zero attached hydrogens (tertiary/aromatic N) is 2. The van der Waals surface area contributed by atoms with Crippen molar-refractivity contribution in [2.45, 2.75) is 12.2 Å². The third-order valence-corrected chi connectivity index (χ3v) is 6.69. The zero-order valence-corrected chi connectivity index (χ0v) is 14.9. The van der Waals surface area contributed by atoms with Gasteiger partial charge in [0.1, 0.15) is 0 Å². The van der Waals surface area contributed by atoms with Gasteiger partial charge >= 0.3 is 0 Å². The quantitative estimate of drug-likeness (QED) is 0.815. The van der Waals surface area contributed by atoms with Crippen LogP contribution in [0.15, 0.2) is 47.2 Å². The lowest BCUT2D eigenvalue weighted by molar-refractivity contribution is -0.131. The highest BCUT2D eigenvalue weighted by Crippen LogP contribution is 2.15. The first-order valence-corrected chi connectivity index (χ1v) is 10.4. The molecular weight excluding hydrogens is 344 g/mol. The zero-order valence-electron chi connectivity index (χ0n) is 13.3. The van der Waals surface area contributed by atoms with E-state index in [1.54, 1.807) is 16.2 Å². The summed E-state index contributed by atoms with van der Waals surface area (Å²) in [5.41, 5.74) is 1.80. The van der Waals surface area contributed by atoms with E-state index in [9.17, 15) is 13.2 Å². The van der Waals surface area contributed by atoms with Crippen LogP contribution in [0.3, 0.4) is 0 Å². The molecule has 2 heterocycles. The Balaban J connectivity index is 1.55. The van der Waals surface area contributed by atoms with Gasteiger partial charge in [0.25, 0.3) is 0 Å². The molecular formula is C17H20N2O3S2. The van der Waals surface area contributed by atoms with Gasteiger partial charge in [-0.2, -0.15) is 15.6 Å². The van der Waals surface area contributed by atoms with Gasteiger partial charge in [-0.1, -0.05) is 30.3 Å². The molecule has 0 aliphatic carbocycles. The summed E-state index contributed by atoms with van der Waals surface area (Å²) in [4.78, 5) is 14.0. The predicted molar refractivity (Wildman–Crippen MR) is 95.2 cm³/mol.